The van der Waals surface area contributed by atoms with E-state index in [0.29, 0.717) is 29.1 Å². The summed E-state index contributed by atoms with van der Waals surface area (Å²) in [5.41, 5.74) is 0.452. The van der Waals surface area contributed by atoms with Crippen LogP contribution in [0, 0.1) is 0 Å². The number of amides is 3. The van der Waals surface area contributed by atoms with Crippen LogP contribution in [-0.4, -0.2) is 33.3 Å². The summed E-state index contributed by atoms with van der Waals surface area (Å²) < 4.78 is 1.53. The highest BCUT2D eigenvalue weighted by atomic mass is 32.2. The second-order valence-electron chi connectivity index (χ2n) is 5.07. The van der Waals surface area contributed by atoms with Crippen LogP contribution in [0.2, 0.25) is 0 Å². The Bertz CT molecular complexity index is 819. The van der Waals surface area contributed by atoms with Gasteiger partial charge in [-0.15, -0.1) is 0 Å². The van der Waals surface area contributed by atoms with Gasteiger partial charge in [-0.3, -0.25) is 19.5 Å². The Morgan fingerprint density at radius 3 is 2.67 bits per heavy atom. The van der Waals surface area contributed by atoms with Crippen LogP contribution in [-0.2, 0) is 11.3 Å². The molecule has 1 atom stereocenters. The van der Waals surface area contributed by atoms with Gasteiger partial charge in [0.15, 0.2) is 5.16 Å². The minimum atomic E-state index is -0.571. The van der Waals surface area contributed by atoms with Crippen molar-refractivity contribution in [2.75, 3.05) is 6.54 Å². The summed E-state index contributed by atoms with van der Waals surface area (Å²) in [6.45, 7) is 6.16. The van der Waals surface area contributed by atoms with Gasteiger partial charge in [-0.1, -0.05) is 23.9 Å². The van der Waals surface area contributed by atoms with Crippen molar-refractivity contribution in [3.63, 3.8) is 0 Å². The maximum Gasteiger partial charge on any atom is 0.321 e. The van der Waals surface area contributed by atoms with Crippen molar-refractivity contribution >= 4 is 34.6 Å². The maximum atomic E-state index is 12.5. The molecule has 0 saturated carbocycles. The molecule has 0 spiro atoms. The third-order valence-electron chi connectivity index (χ3n) is 3.37. The lowest BCUT2D eigenvalue weighted by molar-refractivity contribution is -0.119. The van der Waals surface area contributed by atoms with E-state index >= 15 is 0 Å². The second-order valence-corrected chi connectivity index (χ2v) is 6.38. The number of hydrogen-bond donors (Lipinski definition) is 2. The number of carbonyl (C=O) groups excluding carboxylic acids is 2. The summed E-state index contributed by atoms with van der Waals surface area (Å²) in [4.78, 5) is 40.5. The molecule has 1 aromatic carbocycles. The molecule has 8 heteroatoms. The van der Waals surface area contributed by atoms with E-state index in [1.54, 1.807) is 32.0 Å². The number of aromatic nitrogens is 2. The number of rotatable bonds is 5. The average molecular weight is 348 g/mol. The summed E-state index contributed by atoms with van der Waals surface area (Å²) in [6, 6.07) is 6.57. The number of carbonyl (C=O) groups is 2. The quantitative estimate of drug-likeness (QED) is 0.634. The van der Waals surface area contributed by atoms with Crippen LogP contribution < -0.4 is 16.2 Å². The molecule has 0 aliphatic carbocycles. The molecule has 2 aromatic rings. The minimum absolute atomic E-state index is 0.137. The molecule has 2 N–H and O–H groups in total. The van der Waals surface area contributed by atoms with Gasteiger partial charge < -0.3 is 5.32 Å². The predicted molar refractivity (Wildman–Crippen MR) is 94.2 cm³/mol. The lowest BCUT2D eigenvalue weighted by Crippen LogP contribution is -2.42. The first-order chi connectivity index (χ1) is 11.5. The number of thioether (sulfide) groups is 1. The Labute approximate surface area is 143 Å². The number of nitrogens with one attached hydrogen (secondary N) is 2. The van der Waals surface area contributed by atoms with E-state index < -0.39 is 17.2 Å². The minimum Gasteiger partial charge on any atom is -0.338 e. The normalized spacial score (nSPS) is 12.0. The number of urea groups is 1. The number of fused-ring (bicyclic) bond motifs is 1. The molecule has 0 aliphatic rings. The van der Waals surface area contributed by atoms with Gasteiger partial charge in [-0.2, -0.15) is 0 Å². The molecular formula is C16H20N4O3S. The lowest BCUT2D eigenvalue weighted by Gasteiger charge is -2.15. The van der Waals surface area contributed by atoms with E-state index in [1.165, 1.54) is 4.57 Å². The Morgan fingerprint density at radius 2 is 2.00 bits per heavy atom. The van der Waals surface area contributed by atoms with Crippen LogP contribution in [0.5, 0.6) is 0 Å². The topological polar surface area (TPSA) is 93.1 Å². The molecule has 7 nitrogen and oxygen atoms in total. The van der Waals surface area contributed by atoms with Crippen LogP contribution in [0.3, 0.4) is 0 Å². The van der Waals surface area contributed by atoms with E-state index in [0.717, 1.165) is 11.8 Å². The zero-order valence-electron chi connectivity index (χ0n) is 13.8. The summed E-state index contributed by atoms with van der Waals surface area (Å²) in [7, 11) is 0. The van der Waals surface area contributed by atoms with Gasteiger partial charge in [0.05, 0.1) is 16.2 Å². The van der Waals surface area contributed by atoms with Gasteiger partial charge in [0.2, 0.25) is 5.91 Å². The summed E-state index contributed by atoms with van der Waals surface area (Å²) >= 11 is 1.15. The summed E-state index contributed by atoms with van der Waals surface area (Å²) in [6.07, 6.45) is 0. The fourth-order valence-corrected chi connectivity index (χ4v) is 3.12. The SMILES string of the molecule is CCNC(=O)NC(=O)[C@@H](C)Sc1nc2ccccc2c(=O)n1CC. The van der Waals surface area contributed by atoms with Crippen molar-refractivity contribution in [3.8, 4) is 0 Å². The van der Waals surface area contributed by atoms with E-state index in [9.17, 15) is 14.4 Å². The molecule has 1 aromatic heterocycles. The van der Waals surface area contributed by atoms with Crippen molar-refractivity contribution in [3.05, 3.63) is 34.6 Å². The number of nitrogens with zero attached hydrogens (tertiary/aromatic N) is 2. The molecule has 2 rings (SSSR count). The van der Waals surface area contributed by atoms with Crippen molar-refractivity contribution in [2.45, 2.75) is 37.7 Å². The molecule has 0 radical (unpaired) electrons. The van der Waals surface area contributed by atoms with Crippen molar-refractivity contribution in [2.24, 2.45) is 0 Å². The molecule has 0 bridgehead atoms. The standard InChI is InChI=1S/C16H20N4O3S/c1-4-17-15(23)19-13(21)10(3)24-16-18-12-9-7-6-8-11(12)14(22)20(16)5-2/h6-10H,4-5H2,1-3H3,(H2,17,19,21,23)/t10-/m1/s1. The number of hydrogen-bond acceptors (Lipinski definition) is 5. The van der Waals surface area contributed by atoms with Gasteiger partial charge in [0.25, 0.3) is 5.56 Å². The fourth-order valence-electron chi connectivity index (χ4n) is 2.15. The third-order valence-corrected chi connectivity index (χ3v) is 4.46. The van der Waals surface area contributed by atoms with Crippen LogP contribution in [0.15, 0.2) is 34.2 Å². The highest BCUT2D eigenvalue weighted by molar-refractivity contribution is 8.00. The van der Waals surface area contributed by atoms with Gasteiger partial charge >= 0.3 is 6.03 Å². The highest BCUT2D eigenvalue weighted by Gasteiger charge is 2.20. The van der Waals surface area contributed by atoms with Crippen LogP contribution in [0.25, 0.3) is 10.9 Å². The van der Waals surface area contributed by atoms with Crippen LogP contribution >= 0.6 is 11.8 Å². The van der Waals surface area contributed by atoms with Crippen LogP contribution in [0.1, 0.15) is 20.8 Å². The molecule has 0 saturated heterocycles. The highest BCUT2D eigenvalue weighted by Crippen LogP contribution is 2.22. The molecule has 128 valence electrons. The first-order valence-electron chi connectivity index (χ1n) is 7.72. The first-order valence-corrected chi connectivity index (χ1v) is 8.60. The largest absolute Gasteiger partial charge is 0.338 e. The van der Waals surface area contributed by atoms with Crippen molar-refractivity contribution in [1.82, 2.24) is 20.2 Å². The van der Waals surface area contributed by atoms with E-state index in [1.807, 2.05) is 13.0 Å². The number of imide groups is 1. The lowest BCUT2D eigenvalue weighted by atomic mass is 10.2. The number of para-hydroxylation sites is 1. The Morgan fingerprint density at radius 1 is 1.29 bits per heavy atom. The van der Waals surface area contributed by atoms with Gasteiger partial charge in [0.1, 0.15) is 0 Å². The monoisotopic (exact) mass is 348 g/mol. The molecule has 0 unspecified atom stereocenters. The van der Waals surface area contributed by atoms with E-state index in [4.69, 9.17) is 0 Å². The Balaban J connectivity index is 2.27. The van der Waals surface area contributed by atoms with Gasteiger partial charge in [-0.25, -0.2) is 9.78 Å². The zero-order valence-corrected chi connectivity index (χ0v) is 14.6. The third kappa shape index (κ3) is 3.94. The molecule has 0 fully saturated rings. The molecule has 3 amide bonds. The van der Waals surface area contributed by atoms with Crippen molar-refractivity contribution < 1.29 is 9.59 Å². The van der Waals surface area contributed by atoms with Crippen LogP contribution in [0.4, 0.5) is 4.79 Å². The zero-order chi connectivity index (χ0) is 17.7. The molecular weight excluding hydrogens is 328 g/mol. The van der Waals surface area contributed by atoms with Crippen molar-refractivity contribution in [1.29, 1.82) is 0 Å². The summed E-state index contributed by atoms with van der Waals surface area (Å²) in [5.74, 6) is -0.434. The van der Waals surface area contributed by atoms with Gasteiger partial charge in [0, 0.05) is 13.1 Å². The van der Waals surface area contributed by atoms with Gasteiger partial charge in [-0.05, 0) is 32.9 Å². The first kappa shape index (κ1) is 18.0. The van der Waals surface area contributed by atoms with E-state index in [2.05, 4.69) is 15.6 Å². The fraction of sp³-hybridized carbons (Fsp3) is 0.375. The second kappa shape index (κ2) is 7.96. The predicted octanol–water partition coefficient (Wildman–Crippen LogP) is 1.74. The molecule has 1 heterocycles. The maximum absolute atomic E-state index is 12.5. The molecule has 24 heavy (non-hydrogen) atoms. The smallest absolute Gasteiger partial charge is 0.321 e. The number of benzene rings is 1. The Kier molecular flexibility index (Phi) is 5.97. The van der Waals surface area contributed by atoms with E-state index in [-0.39, 0.29) is 5.56 Å². The summed E-state index contributed by atoms with van der Waals surface area (Å²) in [5, 5.41) is 5.20. The average Bonchev–Trinajstić information content (AvgIpc) is 2.55. The Hall–Kier alpha value is -2.35. The molecule has 0 aliphatic heterocycles.